The first kappa shape index (κ1) is 15.1. The molecule has 0 N–H and O–H groups in total. The molecule has 1 aliphatic rings. The first-order valence-electron chi connectivity index (χ1n) is 7.47. The monoisotopic (exact) mass is 290 g/mol. The summed E-state index contributed by atoms with van der Waals surface area (Å²) in [5.74, 6) is 2.01. The first-order valence-corrected chi connectivity index (χ1v) is 10.9. The Labute approximate surface area is 123 Å². The highest BCUT2D eigenvalue weighted by molar-refractivity contribution is 6.70. The lowest BCUT2D eigenvalue weighted by Gasteiger charge is -2.24. The topological polar surface area (TPSA) is 24.8 Å². The molecule has 110 valence electrons. The fourth-order valence-electron chi connectivity index (χ4n) is 2.62. The predicted molar refractivity (Wildman–Crippen MR) is 88.6 cm³/mol. The van der Waals surface area contributed by atoms with E-state index in [1.54, 1.807) is 0 Å². The summed E-state index contributed by atoms with van der Waals surface area (Å²) in [5.41, 5.74) is 0.950. The normalized spacial score (nSPS) is 20.4. The zero-order valence-corrected chi connectivity index (χ0v) is 14.3. The van der Waals surface area contributed by atoms with Crippen LogP contribution in [0.4, 0.5) is 5.69 Å². The lowest BCUT2D eigenvalue weighted by Crippen LogP contribution is -2.31. The third-order valence-electron chi connectivity index (χ3n) is 3.53. The third kappa shape index (κ3) is 3.85. The predicted octanol–water partition coefficient (Wildman–Crippen LogP) is 4.43. The van der Waals surface area contributed by atoms with Gasteiger partial charge in [0.15, 0.2) is 0 Å². The van der Waals surface area contributed by atoms with E-state index in [1.165, 1.54) is 12.8 Å². The molecule has 0 aliphatic carbocycles. The summed E-state index contributed by atoms with van der Waals surface area (Å²) in [7, 11) is -1.61. The minimum atomic E-state index is -1.61. The van der Waals surface area contributed by atoms with E-state index < -0.39 is 8.32 Å². The molecule has 1 aromatic carbocycles. The smallest absolute Gasteiger partial charge is 0.242 e. The van der Waals surface area contributed by atoms with Crippen LogP contribution in [0.1, 0.15) is 26.7 Å². The van der Waals surface area contributed by atoms with Crippen molar-refractivity contribution in [1.29, 1.82) is 0 Å². The molecule has 1 aromatic rings. The minimum Gasteiger partial charge on any atom is -0.543 e. The van der Waals surface area contributed by atoms with E-state index >= 15 is 0 Å². The number of hydrogen-bond acceptors (Lipinski definition) is 2. The van der Waals surface area contributed by atoms with Gasteiger partial charge >= 0.3 is 0 Å². The van der Waals surface area contributed by atoms with Gasteiger partial charge in [-0.3, -0.25) is 0 Å². The van der Waals surface area contributed by atoms with Crippen molar-refractivity contribution in [2.45, 2.75) is 52.4 Å². The van der Waals surface area contributed by atoms with Gasteiger partial charge in [0.1, 0.15) is 17.3 Å². The molecule has 1 fully saturated rings. The SMILES string of the molecule is CC(=Nc1ccccc1O[Si](C)(C)C)N1CCCC1C. The zero-order valence-electron chi connectivity index (χ0n) is 13.3. The molecule has 0 aromatic heterocycles. The van der Waals surface area contributed by atoms with E-state index in [0.29, 0.717) is 6.04 Å². The van der Waals surface area contributed by atoms with Crippen LogP contribution < -0.4 is 4.43 Å². The van der Waals surface area contributed by atoms with Gasteiger partial charge in [-0.1, -0.05) is 12.1 Å². The minimum absolute atomic E-state index is 0.601. The number of aliphatic imine (C=N–C) groups is 1. The highest BCUT2D eigenvalue weighted by atomic mass is 28.4. The van der Waals surface area contributed by atoms with Gasteiger partial charge in [0.25, 0.3) is 0 Å². The first-order chi connectivity index (χ1) is 9.37. The maximum atomic E-state index is 6.14. The van der Waals surface area contributed by atoms with E-state index in [4.69, 9.17) is 9.42 Å². The number of nitrogens with zero attached hydrogens (tertiary/aromatic N) is 2. The molecular formula is C16H26N2OSi. The number of rotatable bonds is 3. The van der Waals surface area contributed by atoms with Crippen LogP contribution in [0.5, 0.6) is 5.75 Å². The summed E-state index contributed by atoms with van der Waals surface area (Å²) in [6.45, 7) is 12.1. The van der Waals surface area contributed by atoms with Gasteiger partial charge in [0.2, 0.25) is 8.32 Å². The standard InChI is InChI=1S/C16H26N2OSi/c1-13-9-8-12-18(13)14(2)17-15-10-6-7-11-16(15)19-20(3,4)5/h6-7,10-11,13H,8-9,12H2,1-5H3. The van der Waals surface area contributed by atoms with Crippen molar-refractivity contribution >= 4 is 19.8 Å². The maximum absolute atomic E-state index is 6.14. The lowest BCUT2D eigenvalue weighted by molar-refractivity contribution is 0.412. The second-order valence-electron chi connectivity index (χ2n) is 6.53. The van der Waals surface area contributed by atoms with E-state index in [9.17, 15) is 0 Å². The Morgan fingerprint density at radius 2 is 2.00 bits per heavy atom. The highest BCUT2D eigenvalue weighted by Crippen LogP contribution is 2.30. The second kappa shape index (κ2) is 6.00. The van der Waals surface area contributed by atoms with Crippen LogP contribution in [-0.2, 0) is 0 Å². The summed E-state index contributed by atoms with van der Waals surface area (Å²) in [6.07, 6.45) is 2.53. The quantitative estimate of drug-likeness (QED) is 0.467. The molecule has 20 heavy (non-hydrogen) atoms. The van der Waals surface area contributed by atoms with Gasteiger partial charge in [-0.25, -0.2) is 4.99 Å². The van der Waals surface area contributed by atoms with Crippen molar-refractivity contribution in [2.24, 2.45) is 4.99 Å². The Bertz CT molecular complexity index is 493. The molecule has 1 unspecified atom stereocenters. The van der Waals surface area contributed by atoms with Gasteiger partial charge in [-0.05, 0) is 58.5 Å². The summed E-state index contributed by atoms with van der Waals surface area (Å²) >= 11 is 0. The van der Waals surface area contributed by atoms with Crippen LogP contribution >= 0.6 is 0 Å². The van der Waals surface area contributed by atoms with Crippen LogP contribution in [0, 0.1) is 0 Å². The van der Waals surface area contributed by atoms with Gasteiger partial charge < -0.3 is 9.33 Å². The van der Waals surface area contributed by atoms with Crippen LogP contribution in [0.15, 0.2) is 29.3 Å². The summed E-state index contributed by atoms with van der Waals surface area (Å²) in [5, 5.41) is 0. The number of likely N-dealkylation sites (tertiary alicyclic amines) is 1. The molecule has 3 nitrogen and oxygen atoms in total. The summed E-state index contributed by atoms with van der Waals surface area (Å²) in [4.78, 5) is 7.21. The third-order valence-corrected chi connectivity index (χ3v) is 4.36. The molecule has 1 atom stereocenters. The van der Waals surface area contributed by atoms with E-state index in [0.717, 1.165) is 23.8 Å². The van der Waals surface area contributed by atoms with Crippen molar-refractivity contribution in [3.63, 3.8) is 0 Å². The molecule has 0 bridgehead atoms. The maximum Gasteiger partial charge on any atom is 0.242 e. The molecule has 1 heterocycles. The van der Waals surface area contributed by atoms with Crippen molar-refractivity contribution in [3.8, 4) is 5.75 Å². The van der Waals surface area contributed by atoms with Crippen LogP contribution in [-0.4, -0.2) is 31.6 Å². The van der Waals surface area contributed by atoms with E-state index in [2.05, 4.69) is 38.4 Å². The van der Waals surface area contributed by atoms with Gasteiger partial charge in [-0.15, -0.1) is 0 Å². The average molecular weight is 290 g/mol. The fraction of sp³-hybridized carbons (Fsp3) is 0.562. The Morgan fingerprint density at radius 1 is 1.30 bits per heavy atom. The van der Waals surface area contributed by atoms with Crippen LogP contribution in [0.25, 0.3) is 0 Å². The van der Waals surface area contributed by atoms with Crippen molar-refractivity contribution in [2.75, 3.05) is 6.54 Å². The molecule has 4 heteroatoms. The molecule has 0 saturated carbocycles. The van der Waals surface area contributed by atoms with Gasteiger partial charge in [-0.2, -0.15) is 0 Å². The van der Waals surface area contributed by atoms with Gasteiger partial charge in [0.05, 0.1) is 0 Å². The lowest BCUT2D eigenvalue weighted by atomic mass is 10.2. The molecular weight excluding hydrogens is 264 g/mol. The van der Waals surface area contributed by atoms with Crippen molar-refractivity contribution in [3.05, 3.63) is 24.3 Å². The summed E-state index contributed by atoms with van der Waals surface area (Å²) in [6, 6.07) is 8.71. The number of para-hydroxylation sites is 2. The number of benzene rings is 1. The molecule has 1 aliphatic heterocycles. The van der Waals surface area contributed by atoms with Gasteiger partial charge in [0, 0.05) is 12.6 Å². The molecule has 1 saturated heterocycles. The largest absolute Gasteiger partial charge is 0.543 e. The average Bonchev–Trinajstić information content (AvgIpc) is 2.76. The van der Waals surface area contributed by atoms with Crippen LogP contribution in [0.2, 0.25) is 19.6 Å². The Morgan fingerprint density at radius 3 is 2.60 bits per heavy atom. The molecule has 0 amide bonds. The summed E-state index contributed by atoms with van der Waals surface area (Å²) < 4.78 is 6.14. The highest BCUT2D eigenvalue weighted by Gasteiger charge is 2.22. The number of hydrogen-bond donors (Lipinski definition) is 0. The van der Waals surface area contributed by atoms with Crippen molar-refractivity contribution in [1.82, 2.24) is 4.90 Å². The Balaban J connectivity index is 2.24. The molecule has 0 spiro atoms. The van der Waals surface area contributed by atoms with Crippen LogP contribution in [0.3, 0.4) is 0 Å². The van der Waals surface area contributed by atoms with E-state index in [1.807, 2.05) is 24.3 Å². The number of amidine groups is 1. The Kier molecular flexibility index (Phi) is 4.53. The second-order valence-corrected chi connectivity index (χ2v) is 11.0. The van der Waals surface area contributed by atoms with E-state index in [-0.39, 0.29) is 0 Å². The fourth-order valence-corrected chi connectivity index (χ4v) is 3.45. The molecule has 0 radical (unpaired) electrons. The zero-order chi connectivity index (χ0) is 14.8. The molecule has 2 rings (SSSR count). The Hall–Kier alpha value is -1.29. The van der Waals surface area contributed by atoms with Crippen molar-refractivity contribution < 1.29 is 4.43 Å².